The Balaban J connectivity index is 1.74. The van der Waals surface area contributed by atoms with Crippen molar-refractivity contribution in [1.82, 2.24) is 10.6 Å². The van der Waals surface area contributed by atoms with E-state index in [2.05, 4.69) is 10.6 Å². The van der Waals surface area contributed by atoms with Gasteiger partial charge in [0.25, 0.3) is 0 Å². The minimum atomic E-state index is -0.542. The highest BCUT2D eigenvalue weighted by Gasteiger charge is 2.26. The van der Waals surface area contributed by atoms with Crippen LogP contribution < -0.4 is 10.6 Å². The van der Waals surface area contributed by atoms with E-state index in [1.807, 2.05) is 30.3 Å². The number of aliphatic hydroxyl groups is 1. The summed E-state index contributed by atoms with van der Waals surface area (Å²) >= 11 is 0. The molecule has 5 heteroatoms. The molecular weight excluding hydrogens is 220 g/mol. The fourth-order valence-corrected chi connectivity index (χ4v) is 1.73. The van der Waals surface area contributed by atoms with Crippen LogP contribution in [0.3, 0.4) is 0 Å². The normalized spacial score (nSPS) is 23.4. The summed E-state index contributed by atoms with van der Waals surface area (Å²) in [5.41, 5.74) is 0.938. The molecule has 0 bridgehead atoms. The maximum atomic E-state index is 11.4. The van der Waals surface area contributed by atoms with Crippen LogP contribution in [0.4, 0.5) is 4.79 Å². The van der Waals surface area contributed by atoms with E-state index in [-0.39, 0.29) is 12.6 Å². The molecule has 1 saturated heterocycles. The molecule has 0 aromatic heterocycles. The molecule has 5 nitrogen and oxygen atoms in total. The summed E-state index contributed by atoms with van der Waals surface area (Å²) in [6.07, 6.45) is -1.04. The van der Waals surface area contributed by atoms with Gasteiger partial charge in [-0.2, -0.15) is 0 Å². The first-order valence-electron chi connectivity index (χ1n) is 5.61. The molecule has 1 aromatic rings. The number of benzene rings is 1. The fraction of sp³-hybridized carbons (Fsp3) is 0.417. The number of hydrogen-bond acceptors (Lipinski definition) is 4. The van der Waals surface area contributed by atoms with Crippen molar-refractivity contribution in [2.24, 2.45) is 0 Å². The van der Waals surface area contributed by atoms with E-state index < -0.39 is 12.2 Å². The summed E-state index contributed by atoms with van der Waals surface area (Å²) in [6.45, 7) is 1.31. The lowest BCUT2D eigenvalue weighted by Crippen LogP contribution is -2.42. The molecule has 0 aliphatic carbocycles. The minimum Gasteiger partial charge on any atom is -0.445 e. The van der Waals surface area contributed by atoms with Crippen LogP contribution in [0.15, 0.2) is 30.3 Å². The Morgan fingerprint density at radius 1 is 1.41 bits per heavy atom. The predicted octanol–water partition coefficient (Wildman–Crippen LogP) is 0.245. The third-order valence-electron chi connectivity index (χ3n) is 2.70. The van der Waals surface area contributed by atoms with Gasteiger partial charge in [0.1, 0.15) is 6.61 Å². The van der Waals surface area contributed by atoms with Crippen molar-refractivity contribution in [2.45, 2.75) is 18.8 Å². The Kier molecular flexibility index (Phi) is 3.95. The molecule has 1 heterocycles. The van der Waals surface area contributed by atoms with Crippen LogP contribution in [0.1, 0.15) is 5.56 Å². The van der Waals surface area contributed by atoms with Crippen LogP contribution >= 0.6 is 0 Å². The van der Waals surface area contributed by atoms with Gasteiger partial charge in [0.05, 0.1) is 12.1 Å². The van der Waals surface area contributed by atoms with Crippen LogP contribution in [-0.4, -0.2) is 36.4 Å². The third kappa shape index (κ3) is 3.44. The van der Waals surface area contributed by atoms with E-state index in [4.69, 9.17) is 4.74 Å². The number of ether oxygens (including phenoxy) is 1. The maximum absolute atomic E-state index is 11.4. The third-order valence-corrected chi connectivity index (χ3v) is 2.70. The number of amides is 1. The van der Waals surface area contributed by atoms with E-state index in [0.717, 1.165) is 5.56 Å². The number of β-amino-alcohol motifs (C(OH)–C–C–N with tert-alkyl or cyclic N) is 1. The molecule has 1 aromatic carbocycles. The van der Waals surface area contributed by atoms with Crippen LogP contribution in [-0.2, 0) is 11.3 Å². The zero-order chi connectivity index (χ0) is 12.1. The number of rotatable bonds is 3. The van der Waals surface area contributed by atoms with Crippen LogP contribution in [0, 0.1) is 0 Å². The van der Waals surface area contributed by atoms with Crippen molar-refractivity contribution in [3.8, 4) is 0 Å². The standard InChI is InChI=1S/C12H16N2O3/c15-11-7-13-6-10(11)14-12(16)17-8-9-4-2-1-3-5-9/h1-5,10-11,13,15H,6-8H2,(H,14,16)/t10-,11-/m0/s1. The van der Waals surface area contributed by atoms with Gasteiger partial charge in [-0.1, -0.05) is 30.3 Å². The Morgan fingerprint density at radius 2 is 2.18 bits per heavy atom. The second-order valence-electron chi connectivity index (χ2n) is 4.04. The molecule has 0 saturated carbocycles. The van der Waals surface area contributed by atoms with Gasteiger partial charge in [-0.3, -0.25) is 0 Å². The molecule has 92 valence electrons. The lowest BCUT2D eigenvalue weighted by Gasteiger charge is -2.15. The summed E-state index contributed by atoms with van der Waals surface area (Å²) in [5.74, 6) is 0. The van der Waals surface area contributed by atoms with Crippen molar-refractivity contribution in [3.05, 3.63) is 35.9 Å². The summed E-state index contributed by atoms with van der Waals surface area (Å²) in [7, 11) is 0. The van der Waals surface area contributed by atoms with E-state index in [9.17, 15) is 9.90 Å². The number of carbonyl (C=O) groups is 1. The van der Waals surface area contributed by atoms with Crippen molar-refractivity contribution in [2.75, 3.05) is 13.1 Å². The lowest BCUT2D eigenvalue weighted by molar-refractivity contribution is 0.118. The molecule has 17 heavy (non-hydrogen) atoms. The Morgan fingerprint density at radius 3 is 2.82 bits per heavy atom. The molecule has 0 radical (unpaired) electrons. The highest BCUT2D eigenvalue weighted by molar-refractivity contribution is 5.67. The van der Waals surface area contributed by atoms with Gasteiger partial charge in [0, 0.05) is 13.1 Å². The van der Waals surface area contributed by atoms with Gasteiger partial charge in [-0.25, -0.2) is 4.79 Å². The minimum absolute atomic E-state index is 0.239. The molecule has 1 amide bonds. The van der Waals surface area contributed by atoms with Gasteiger partial charge in [-0.15, -0.1) is 0 Å². The van der Waals surface area contributed by atoms with E-state index in [1.54, 1.807) is 0 Å². The van der Waals surface area contributed by atoms with Crippen LogP contribution in [0.5, 0.6) is 0 Å². The van der Waals surface area contributed by atoms with Crippen LogP contribution in [0.2, 0.25) is 0 Å². The number of alkyl carbamates (subject to hydrolysis) is 1. The average molecular weight is 236 g/mol. The van der Waals surface area contributed by atoms with Crippen molar-refractivity contribution in [1.29, 1.82) is 0 Å². The number of hydrogen-bond donors (Lipinski definition) is 3. The monoisotopic (exact) mass is 236 g/mol. The van der Waals surface area contributed by atoms with Crippen molar-refractivity contribution >= 4 is 6.09 Å². The average Bonchev–Trinajstić information content (AvgIpc) is 2.74. The van der Waals surface area contributed by atoms with Gasteiger partial charge in [0.2, 0.25) is 0 Å². The highest BCUT2D eigenvalue weighted by Crippen LogP contribution is 2.02. The van der Waals surface area contributed by atoms with Gasteiger partial charge in [0.15, 0.2) is 0 Å². The molecule has 2 rings (SSSR count). The number of carbonyl (C=O) groups excluding carboxylic acids is 1. The topological polar surface area (TPSA) is 70.6 Å². The zero-order valence-electron chi connectivity index (χ0n) is 9.43. The molecule has 0 unspecified atom stereocenters. The molecule has 2 atom stereocenters. The summed E-state index contributed by atoms with van der Waals surface area (Å²) in [5, 5.41) is 15.1. The first kappa shape index (κ1) is 11.9. The van der Waals surface area contributed by atoms with Gasteiger partial charge in [-0.05, 0) is 5.56 Å². The lowest BCUT2D eigenvalue weighted by atomic mass is 10.2. The quantitative estimate of drug-likeness (QED) is 0.703. The zero-order valence-corrected chi connectivity index (χ0v) is 9.43. The molecular formula is C12H16N2O3. The first-order chi connectivity index (χ1) is 8.25. The second-order valence-corrected chi connectivity index (χ2v) is 4.04. The second kappa shape index (κ2) is 5.65. The molecule has 3 N–H and O–H groups in total. The highest BCUT2D eigenvalue weighted by atomic mass is 16.5. The number of nitrogens with one attached hydrogen (secondary N) is 2. The molecule has 1 fully saturated rings. The van der Waals surface area contributed by atoms with Crippen molar-refractivity contribution in [3.63, 3.8) is 0 Å². The van der Waals surface area contributed by atoms with Crippen molar-refractivity contribution < 1.29 is 14.6 Å². The van der Waals surface area contributed by atoms with E-state index >= 15 is 0 Å². The van der Waals surface area contributed by atoms with E-state index in [1.165, 1.54) is 0 Å². The number of aliphatic hydroxyl groups excluding tert-OH is 1. The van der Waals surface area contributed by atoms with Gasteiger partial charge < -0.3 is 20.5 Å². The summed E-state index contributed by atoms with van der Waals surface area (Å²) in [4.78, 5) is 11.4. The summed E-state index contributed by atoms with van der Waals surface area (Å²) < 4.78 is 5.05. The van der Waals surface area contributed by atoms with Crippen LogP contribution in [0.25, 0.3) is 0 Å². The Bertz CT molecular complexity index is 369. The van der Waals surface area contributed by atoms with E-state index in [0.29, 0.717) is 13.1 Å². The smallest absolute Gasteiger partial charge is 0.407 e. The maximum Gasteiger partial charge on any atom is 0.407 e. The predicted molar refractivity (Wildman–Crippen MR) is 62.4 cm³/mol. The Labute approximate surface area is 99.8 Å². The molecule has 1 aliphatic rings. The SMILES string of the molecule is O=C(N[C@H]1CNC[C@@H]1O)OCc1ccccc1. The van der Waals surface area contributed by atoms with Gasteiger partial charge >= 0.3 is 6.09 Å². The largest absolute Gasteiger partial charge is 0.445 e. The fourth-order valence-electron chi connectivity index (χ4n) is 1.73. The Hall–Kier alpha value is -1.59. The first-order valence-corrected chi connectivity index (χ1v) is 5.61. The molecule has 1 aliphatic heterocycles. The molecule has 0 spiro atoms. The summed E-state index contributed by atoms with van der Waals surface area (Å²) in [6, 6.07) is 9.20.